The molecule has 4 rings (SSSR count). The maximum absolute atomic E-state index is 14.0. The minimum Gasteiger partial charge on any atom is -0.454 e. The van der Waals surface area contributed by atoms with Gasteiger partial charge in [0.15, 0.2) is 12.4 Å². The average Bonchev–Trinajstić information content (AvgIpc) is 3.15. The smallest absolute Gasteiger partial charge is 0.341 e. The number of hydrogen-bond donors (Lipinski definition) is 1. The number of Topliss-reactive ketones (excluding diaryl/α,β-unsaturated/α-hetero) is 1. The summed E-state index contributed by atoms with van der Waals surface area (Å²) in [7, 11) is -2.67. The van der Waals surface area contributed by atoms with E-state index in [2.05, 4.69) is 4.72 Å². The predicted octanol–water partition coefficient (Wildman–Crippen LogP) is 3.34. The molecule has 8 heteroatoms. The highest BCUT2D eigenvalue weighted by Crippen LogP contribution is 2.36. The van der Waals surface area contributed by atoms with Crippen molar-refractivity contribution in [3.63, 3.8) is 0 Å². The van der Waals surface area contributed by atoms with E-state index in [1.54, 1.807) is 12.1 Å². The van der Waals surface area contributed by atoms with Crippen molar-refractivity contribution in [3.05, 3.63) is 88.7 Å². The highest BCUT2D eigenvalue weighted by molar-refractivity contribution is 7.89. The Morgan fingerprint density at radius 1 is 1.00 bits per heavy atom. The summed E-state index contributed by atoms with van der Waals surface area (Å²) in [5.74, 6) is -2.51. The van der Waals surface area contributed by atoms with Gasteiger partial charge in [-0.25, -0.2) is 22.3 Å². The fraction of sp³-hybridized carbons (Fsp3) is 0.130. The maximum atomic E-state index is 14.0. The summed E-state index contributed by atoms with van der Waals surface area (Å²) >= 11 is 0. The van der Waals surface area contributed by atoms with Crippen molar-refractivity contribution in [1.82, 2.24) is 4.72 Å². The molecule has 0 saturated carbocycles. The lowest BCUT2D eigenvalue weighted by molar-refractivity contribution is 0.0470. The van der Waals surface area contributed by atoms with E-state index in [9.17, 15) is 22.4 Å². The van der Waals surface area contributed by atoms with Crippen molar-refractivity contribution in [2.24, 2.45) is 0 Å². The number of esters is 1. The van der Waals surface area contributed by atoms with Gasteiger partial charge in [-0.1, -0.05) is 36.4 Å². The molecule has 0 atom stereocenters. The highest BCUT2D eigenvalue weighted by atomic mass is 32.2. The topological polar surface area (TPSA) is 89.5 Å². The third kappa shape index (κ3) is 3.99. The molecule has 31 heavy (non-hydrogen) atoms. The zero-order valence-electron chi connectivity index (χ0n) is 16.5. The Bertz CT molecular complexity index is 1320. The van der Waals surface area contributed by atoms with E-state index in [0.717, 1.165) is 41.3 Å². The molecule has 0 aliphatic heterocycles. The van der Waals surface area contributed by atoms with Crippen LogP contribution in [0.2, 0.25) is 0 Å². The molecule has 0 heterocycles. The zero-order chi connectivity index (χ0) is 22.2. The molecule has 1 aliphatic carbocycles. The first-order valence-electron chi connectivity index (χ1n) is 9.45. The van der Waals surface area contributed by atoms with Crippen LogP contribution in [-0.2, 0) is 21.2 Å². The Morgan fingerprint density at radius 2 is 1.74 bits per heavy atom. The summed E-state index contributed by atoms with van der Waals surface area (Å²) < 4.78 is 44.9. The number of nitrogens with one attached hydrogen (secondary N) is 1. The third-order valence-corrected chi connectivity index (χ3v) is 6.60. The van der Waals surface area contributed by atoms with Gasteiger partial charge in [-0.15, -0.1) is 0 Å². The normalized spacial score (nSPS) is 12.2. The largest absolute Gasteiger partial charge is 0.454 e. The van der Waals surface area contributed by atoms with E-state index in [0.29, 0.717) is 5.56 Å². The number of halogens is 1. The third-order valence-electron chi connectivity index (χ3n) is 5.19. The molecule has 0 aromatic heterocycles. The maximum Gasteiger partial charge on any atom is 0.341 e. The Hall–Kier alpha value is -3.36. The molecule has 6 nitrogen and oxygen atoms in total. The molecule has 0 amide bonds. The molecule has 0 unspecified atom stereocenters. The van der Waals surface area contributed by atoms with Gasteiger partial charge in [0.05, 0.1) is 10.5 Å². The Balaban J connectivity index is 1.51. The Kier molecular flexibility index (Phi) is 5.43. The number of ether oxygens (including phenoxy) is 1. The van der Waals surface area contributed by atoms with Gasteiger partial charge in [-0.3, -0.25) is 4.79 Å². The number of hydrogen-bond acceptors (Lipinski definition) is 5. The zero-order valence-corrected chi connectivity index (χ0v) is 17.3. The van der Waals surface area contributed by atoms with E-state index >= 15 is 0 Å². The molecule has 1 N–H and O–H groups in total. The lowest BCUT2D eigenvalue weighted by Gasteiger charge is -2.09. The predicted molar refractivity (Wildman–Crippen MR) is 112 cm³/mol. The van der Waals surface area contributed by atoms with E-state index in [1.807, 2.05) is 30.3 Å². The van der Waals surface area contributed by atoms with Crippen molar-refractivity contribution in [1.29, 1.82) is 0 Å². The lowest BCUT2D eigenvalue weighted by atomic mass is 10.0. The summed E-state index contributed by atoms with van der Waals surface area (Å²) in [4.78, 5) is 24.6. The number of carbonyl (C=O) groups excluding carboxylic acids is 2. The van der Waals surface area contributed by atoms with Crippen molar-refractivity contribution >= 4 is 21.8 Å². The second-order valence-corrected chi connectivity index (χ2v) is 8.94. The standard InChI is InChI=1S/C23H18FNO5S/c1-25-31(28,29)17-8-9-21(24)20(12-17)23(27)30-13-22(26)16-7-6-15-10-14-4-2-3-5-18(14)19(15)11-16/h2-9,11-12,25H,10,13H2,1H3. The molecule has 0 spiro atoms. The van der Waals surface area contributed by atoms with Crippen LogP contribution in [0.5, 0.6) is 0 Å². The van der Waals surface area contributed by atoms with Crippen LogP contribution in [0.15, 0.2) is 65.6 Å². The van der Waals surface area contributed by atoms with Crippen LogP contribution in [0.3, 0.4) is 0 Å². The fourth-order valence-corrected chi connectivity index (χ4v) is 4.29. The van der Waals surface area contributed by atoms with Gasteiger partial charge in [0, 0.05) is 5.56 Å². The number of ketones is 1. The van der Waals surface area contributed by atoms with E-state index in [1.165, 1.54) is 12.6 Å². The van der Waals surface area contributed by atoms with E-state index in [-0.39, 0.29) is 4.90 Å². The highest BCUT2D eigenvalue weighted by Gasteiger charge is 2.22. The van der Waals surface area contributed by atoms with Crippen LogP contribution in [0.25, 0.3) is 11.1 Å². The summed E-state index contributed by atoms with van der Waals surface area (Å²) in [6.07, 6.45) is 0.792. The van der Waals surface area contributed by atoms with Crippen molar-refractivity contribution < 1.29 is 27.1 Å². The number of sulfonamides is 1. The summed E-state index contributed by atoms with van der Waals surface area (Å²) in [5.41, 5.74) is 4.12. The summed E-state index contributed by atoms with van der Waals surface area (Å²) in [6.45, 7) is -0.596. The van der Waals surface area contributed by atoms with Crippen LogP contribution >= 0.6 is 0 Å². The molecule has 3 aromatic rings. The van der Waals surface area contributed by atoms with Crippen LogP contribution in [0.1, 0.15) is 31.8 Å². The van der Waals surface area contributed by atoms with E-state index in [4.69, 9.17) is 4.74 Å². The van der Waals surface area contributed by atoms with Crippen LogP contribution < -0.4 is 4.72 Å². The van der Waals surface area contributed by atoms with Gasteiger partial charge in [-0.2, -0.15) is 0 Å². The second kappa shape index (κ2) is 8.05. The number of benzene rings is 3. The minimum atomic E-state index is -3.87. The Labute approximate surface area is 178 Å². The first kappa shape index (κ1) is 20.9. The molecule has 0 bridgehead atoms. The monoisotopic (exact) mass is 439 g/mol. The van der Waals surface area contributed by atoms with Crippen molar-refractivity contribution in [2.75, 3.05) is 13.7 Å². The molecule has 0 fully saturated rings. The number of fused-ring (bicyclic) bond motifs is 3. The summed E-state index contributed by atoms with van der Waals surface area (Å²) in [5, 5.41) is 0. The average molecular weight is 439 g/mol. The quantitative estimate of drug-likeness (QED) is 0.368. The molecule has 0 saturated heterocycles. The van der Waals surface area contributed by atoms with Gasteiger partial charge >= 0.3 is 5.97 Å². The van der Waals surface area contributed by atoms with Crippen molar-refractivity contribution in [2.45, 2.75) is 11.3 Å². The van der Waals surface area contributed by atoms with E-state index < -0.39 is 39.8 Å². The first-order valence-corrected chi connectivity index (χ1v) is 10.9. The van der Waals surface area contributed by atoms with Gasteiger partial charge < -0.3 is 4.74 Å². The fourth-order valence-electron chi connectivity index (χ4n) is 3.54. The molecule has 1 aliphatic rings. The SMILES string of the molecule is CNS(=O)(=O)c1ccc(F)c(C(=O)OCC(=O)c2ccc3c(c2)-c2ccccc2C3)c1. The first-order chi connectivity index (χ1) is 14.8. The Morgan fingerprint density at radius 3 is 2.52 bits per heavy atom. The molecular weight excluding hydrogens is 421 g/mol. The second-order valence-electron chi connectivity index (χ2n) is 7.05. The van der Waals surface area contributed by atoms with Crippen LogP contribution in [-0.4, -0.2) is 33.8 Å². The van der Waals surface area contributed by atoms with Crippen LogP contribution in [0, 0.1) is 5.82 Å². The minimum absolute atomic E-state index is 0.285. The van der Waals surface area contributed by atoms with Gasteiger partial charge in [0.2, 0.25) is 10.0 Å². The van der Waals surface area contributed by atoms with Gasteiger partial charge in [0.25, 0.3) is 0 Å². The lowest BCUT2D eigenvalue weighted by Crippen LogP contribution is -2.20. The van der Waals surface area contributed by atoms with Crippen LogP contribution in [0.4, 0.5) is 4.39 Å². The molecular formula is C23H18FNO5S. The molecule has 158 valence electrons. The van der Waals surface area contributed by atoms with Crippen molar-refractivity contribution in [3.8, 4) is 11.1 Å². The molecule has 0 radical (unpaired) electrons. The van der Waals surface area contributed by atoms with Gasteiger partial charge in [0.1, 0.15) is 5.82 Å². The number of carbonyl (C=O) groups is 2. The van der Waals surface area contributed by atoms with Gasteiger partial charge in [-0.05, 0) is 60.0 Å². The number of rotatable bonds is 6. The summed E-state index contributed by atoms with van der Waals surface area (Å²) in [6, 6.07) is 16.0. The molecule has 3 aromatic carbocycles.